The van der Waals surface area contributed by atoms with Gasteiger partial charge in [0.05, 0.1) is 7.11 Å². The van der Waals surface area contributed by atoms with Crippen molar-refractivity contribution < 1.29 is 14.7 Å². The smallest absolute Gasteiger partial charge is 0.290 e. The van der Waals surface area contributed by atoms with Crippen LogP contribution >= 0.6 is 0 Å². The fourth-order valence-electron chi connectivity index (χ4n) is 0. The summed E-state index contributed by atoms with van der Waals surface area (Å²) in [7, 11) is 1.40. The van der Waals surface area contributed by atoms with Gasteiger partial charge >= 0.3 is 0 Å². The van der Waals surface area contributed by atoms with Crippen molar-refractivity contribution in [1.29, 1.82) is 0 Å². The van der Waals surface area contributed by atoms with E-state index in [2.05, 4.69) is 10.7 Å². The molecule has 0 radical (unpaired) electrons. The molecule has 0 unspecified atom stereocenters. The van der Waals surface area contributed by atoms with Crippen LogP contribution in [0.15, 0.2) is 0 Å². The molecule has 0 amide bonds. The highest BCUT2D eigenvalue weighted by atomic mass is 16.6. The van der Waals surface area contributed by atoms with Gasteiger partial charge in [-0.25, -0.2) is 5.90 Å². The van der Waals surface area contributed by atoms with E-state index in [1.807, 2.05) is 0 Å². The third-order valence-corrected chi connectivity index (χ3v) is 0. The second-order valence-electron chi connectivity index (χ2n) is 0.341. The lowest BCUT2D eigenvalue weighted by atomic mass is 11.7. The Hall–Kier alpha value is -0.610. The molecular weight excluding hydrogens is 86.0 g/mol. The summed E-state index contributed by atoms with van der Waals surface area (Å²) in [4.78, 5) is 12.1. The summed E-state index contributed by atoms with van der Waals surface area (Å²) in [5.41, 5.74) is 0. The van der Waals surface area contributed by atoms with Crippen LogP contribution in [0.25, 0.3) is 0 Å². The highest BCUT2D eigenvalue weighted by molar-refractivity contribution is 5.32. The van der Waals surface area contributed by atoms with Gasteiger partial charge in [0.2, 0.25) is 0 Å². The van der Waals surface area contributed by atoms with Gasteiger partial charge in [-0.15, -0.1) is 0 Å². The highest BCUT2D eigenvalue weighted by Gasteiger charge is 1.23. The number of hydrogen-bond donors (Lipinski definition) is 2. The Bertz CT molecular complexity index is 22.8. The fraction of sp³-hybridized carbons (Fsp3) is 0.500. The number of hydrogen-bond acceptors (Lipinski definition) is 3. The molecule has 0 bridgehead atoms. The SMILES string of the molecule is CON.O=CO. The lowest BCUT2D eigenvalue weighted by Crippen LogP contribution is -1.86. The van der Waals surface area contributed by atoms with E-state index in [-0.39, 0.29) is 6.47 Å². The summed E-state index contributed by atoms with van der Waals surface area (Å²) < 4.78 is 0. The molecule has 0 spiro atoms. The average Bonchev–Trinajstić information content (AvgIpc) is 1.39. The Morgan fingerprint density at radius 3 is 2.00 bits per heavy atom. The van der Waals surface area contributed by atoms with E-state index in [9.17, 15) is 0 Å². The Morgan fingerprint density at radius 1 is 2.00 bits per heavy atom. The van der Waals surface area contributed by atoms with Crippen LogP contribution < -0.4 is 5.90 Å². The Kier molecular flexibility index (Phi) is 39.3. The minimum absolute atomic E-state index is 0.250. The third kappa shape index (κ3) is 52.0. The predicted octanol–water partition coefficient (Wildman–Crippen LogP) is -0.793. The molecular formula is C2H7NO3. The topological polar surface area (TPSA) is 72.5 Å². The molecule has 0 atom stereocenters. The first-order valence-corrected chi connectivity index (χ1v) is 1.14. The first-order valence-electron chi connectivity index (χ1n) is 1.14. The molecule has 0 aliphatic heterocycles. The molecule has 0 saturated heterocycles. The standard InChI is InChI=1S/CH5NO.CH2O2/c1-3-2;2-1-3/h2H2,1H3;1H,(H,2,3). The van der Waals surface area contributed by atoms with Crippen LogP contribution in [0.2, 0.25) is 0 Å². The average molecular weight is 93.1 g/mol. The van der Waals surface area contributed by atoms with Gasteiger partial charge in [-0.05, 0) is 0 Å². The number of rotatable bonds is 0. The molecule has 0 aromatic heterocycles. The Labute approximate surface area is 35.5 Å². The minimum atomic E-state index is -0.250. The minimum Gasteiger partial charge on any atom is -0.483 e. The summed E-state index contributed by atoms with van der Waals surface area (Å²) in [6.45, 7) is -0.250. The van der Waals surface area contributed by atoms with Gasteiger partial charge in [-0.3, -0.25) is 4.79 Å². The largest absolute Gasteiger partial charge is 0.483 e. The summed E-state index contributed by atoms with van der Waals surface area (Å²) in [6, 6.07) is 0. The molecule has 4 heteroatoms. The molecule has 0 heterocycles. The molecule has 38 valence electrons. The normalized spacial score (nSPS) is 5.00. The molecule has 0 aromatic rings. The Morgan fingerprint density at radius 2 is 2.00 bits per heavy atom. The van der Waals surface area contributed by atoms with Crippen molar-refractivity contribution in [2.24, 2.45) is 5.90 Å². The van der Waals surface area contributed by atoms with Crippen LogP contribution in [0.5, 0.6) is 0 Å². The van der Waals surface area contributed by atoms with E-state index >= 15 is 0 Å². The van der Waals surface area contributed by atoms with Crippen molar-refractivity contribution in [2.45, 2.75) is 0 Å². The molecule has 3 N–H and O–H groups in total. The van der Waals surface area contributed by atoms with E-state index < -0.39 is 0 Å². The second kappa shape index (κ2) is 26.1. The lowest BCUT2D eigenvalue weighted by molar-refractivity contribution is -0.122. The van der Waals surface area contributed by atoms with Crippen molar-refractivity contribution in [1.82, 2.24) is 0 Å². The van der Waals surface area contributed by atoms with Crippen molar-refractivity contribution in [3.63, 3.8) is 0 Å². The number of carboxylic acid groups (broad SMARTS) is 1. The molecule has 0 aliphatic carbocycles. The van der Waals surface area contributed by atoms with Crippen LogP contribution in [0.3, 0.4) is 0 Å². The van der Waals surface area contributed by atoms with Crippen LogP contribution in [-0.2, 0) is 9.63 Å². The van der Waals surface area contributed by atoms with Gasteiger partial charge in [0.1, 0.15) is 0 Å². The van der Waals surface area contributed by atoms with Gasteiger partial charge in [0.25, 0.3) is 6.47 Å². The highest BCUT2D eigenvalue weighted by Crippen LogP contribution is 1.14. The molecule has 6 heavy (non-hydrogen) atoms. The molecule has 0 aliphatic rings. The molecule has 0 rings (SSSR count). The van der Waals surface area contributed by atoms with Gasteiger partial charge in [-0.2, -0.15) is 0 Å². The van der Waals surface area contributed by atoms with Gasteiger partial charge < -0.3 is 9.94 Å². The second-order valence-corrected chi connectivity index (χ2v) is 0.341. The van der Waals surface area contributed by atoms with Crippen LogP contribution in [0.4, 0.5) is 0 Å². The summed E-state index contributed by atoms with van der Waals surface area (Å²) in [5.74, 6) is 4.35. The maximum atomic E-state index is 8.36. The van der Waals surface area contributed by atoms with E-state index in [1.54, 1.807) is 0 Å². The third-order valence-electron chi connectivity index (χ3n) is 0. The van der Waals surface area contributed by atoms with Gasteiger partial charge in [-0.1, -0.05) is 0 Å². The van der Waals surface area contributed by atoms with Crippen molar-refractivity contribution in [3.05, 3.63) is 0 Å². The van der Waals surface area contributed by atoms with E-state index in [0.29, 0.717) is 0 Å². The fourth-order valence-corrected chi connectivity index (χ4v) is 0. The number of nitrogens with two attached hydrogens (primary N) is 1. The number of carbonyl (C=O) groups is 1. The molecule has 0 aromatic carbocycles. The molecule has 0 saturated carbocycles. The zero-order valence-electron chi connectivity index (χ0n) is 3.42. The first kappa shape index (κ1) is 9.04. The predicted molar refractivity (Wildman–Crippen MR) is 19.9 cm³/mol. The van der Waals surface area contributed by atoms with Gasteiger partial charge in [0.15, 0.2) is 0 Å². The van der Waals surface area contributed by atoms with Crippen molar-refractivity contribution in [3.8, 4) is 0 Å². The summed E-state index contributed by atoms with van der Waals surface area (Å²) in [5, 5.41) is 6.89. The van der Waals surface area contributed by atoms with Crippen LogP contribution in [0.1, 0.15) is 0 Å². The van der Waals surface area contributed by atoms with E-state index in [4.69, 9.17) is 9.90 Å². The molecule has 4 nitrogen and oxygen atoms in total. The zero-order chi connectivity index (χ0) is 5.41. The van der Waals surface area contributed by atoms with Crippen molar-refractivity contribution >= 4 is 6.47 Å². The first-order chi connectivity index (χ1) is 2.83. The Balaban J connectivity index is 0. The maximum absolute atomic E-state index is 8.36. The van der Waals surface area contributed by atoms with Gasteiger partial charge in [0, 0.05) is 0 Å². The van der Waals surface area contributed by atoms with Crippen LogP contribution in [0, 0.1) is 0 Å². The summed E-state index contributed by atoms with van der Waals surface area (Å²) in [6.07, 6.45) is 0. The van der Waals surface area contributed by atoms with E-state index in [1.165, 1.54) is 7.11 Å². The lowest BCUT2D eigenvalue weighted by Gasteiger charge is -1.62. The van der Waals surface area contributed by atoms with Crippen LogP contribution in [-0.4, -0.2) is 18.7 Å². The monoisotopic (exact) mass is 93.0 g/mol. The van der Waals surface area contributed by atoms with E-state index in [0.717, 1.165) is 0 Å². The maximum Gasteiger partial charge on any atom is 0.290 e. The molecule has 0 fully saturated rings. The quantitative estimate of drug-likeness (QED) is 0.304. The zero-order valence-corrected chi connectivity index (χ0v) is 3.42. The van der Waals surface area contributed by atoms with Crippen molar-refractivity contribution in [2.75, 3.05) is 7.11 Å². The summed E-state index contributed by atoms with van der Waals surface area (Å²) >= 11 is 0.